The first kappa shape index (κ1) is 13.4. The summed E-state index contributed by atoms with van der Waals surface area (Å²) in [6.45, 7) is 2.85. The fourth-order valence-corrected chi connectivity index (χ4v) is 3.01. The fourth-order valence-electron chi connectivity index (χ4n) is 1.77. The summed E-state index contributed by atoms with van der Waals surface area (Å²) in [4.78, 5) is 11.2. The molecule has 1 N–H and O–H groups in total. The molecular formula is C9H18N2O4S. The second-order valence-corrected chi connectivity index (χ2v) is 5.45. The van der Waals surface area contributed by atoms with E-state index in [1.165, 1.54) is 11.4 Å². The summed E-state index contributed by atoms with van der Waals surface area (Å²) < 4.78 is 31.7. The van der Waals surface area contributed by atoms with Crippen LogP contribution in [0.2, 0.25) is 0 Å². The van der Waals surface area contributed by atoms with Gasteiger partial charge < -0.3 is 4.74 Å². The van der Waals surface area contributed by atoms with E-state index in [1.807, 2.05) is 0 Å². The molecule has 0 saturated carbocycles. The lowest BCUT2D eigenvalue weighted by atomic mass is 9.99. The van der Waals surface area contributed by atoms with Crippen molar-refractivity contribution in [2.45, 2.75) is 19.8 Å². The number of nitrogens with one attached hydrogen (secondary N) is 1. The molecule has 0 unspecified atom stereocenters. The quantitative estimate of drug-likeness (QED) is 0.697. The predicted octanol–water partition coefficient (Wildman–Crippen LogP) is -0.274. The second-order valence-electron chi connectivity index (χ2n) is 3.70. The minimum absolute atomic E-state index is 0.168. The Balaban J connectivity index is 2.52. The third-order valence-electron chi connectivity index (χ3n) is 2.66. The lowest BCUT2D eigenvalue weighted by Crippen LogP contribution is -2.45. The van der Waals surface area contributed by atoms with E-state index in [1.54, 1.807) is 6.92 Å². The molecule has 0 aromatic carbocycles. The van der Waals surface area contributed by atoms with Crippen molar-refractivity contribution < 1.29 is 17.9 Å². The largest absolute Gasteiger partial charge is 0.469 e. The minimum Gasteiger partial charge on any atom is -0.469 e. The summed E-state index contributed by atoms with van der Waals surface area (Å²) >= 11 is 0. The average Bonchev–Trinajstić information content (AvgIpc) is 2.28. The van der Waals surface area contributed by atoms with Gasteiger partial charge in [-0.2, -0.15) is 12.7 Å². The molecule has 1 saturated heterocycles. The van der Waals surface area contributed by atoms with Crippen LogP contribution in [0.3, 0.4) is 0 Å². The number of carbonyl (C=O) groups is 1. The lowest BCUT2D eigenvalue weighted by Gasteiger charge is -2.29. The van der Waals surface area contributed by atoms with Crippen molar-refractivity contribution in [3.05, 3.63) is 0 Å². The Morgan fingerprint density at radius 3 is 2.44 bits per heavy atom. The van der Waals surface area contributed by atoms with Crippen molar-refractivity contribution in [2.24, 2.45) is 5.92 Å². The summed E-state index contributed by atoms with van der Waals surface area (Å²) in [6.07, 6.45) is 1.05. The Kier molecular flexibility index (Phi) is 4.69. The van der Waals surface area contributed by atoms with Gasteiger partial charge in [-0.3, -0.25) is 4.79 Å². The van der Waals surface area contributed by atoms with E-state index in [9.17, 15) is 13.2 Å². The van der Waals surface area contributed by atoms with Crippen molar-refractivity contribution >= 4 is 16.2 Å². The fraction of sp³-hybridized carbons (Fsp3) is 0.889. The first-order chi connectivity index (χ1) is 7.51. The van der Waals surface area contributed by atoms with Crippen molar-refractivity contribution in [3.63, 3.8) is 0 Å². The molecule has 0 radical (unpaired) electrons. The van der Waals surface area contributed by atoms with Gasteiger partial charge in [-0.1, -0.05) is 6.92 Å². The Hall–Kier alpha value is -0.660. The maximum Gasteiger partial charge on any atom is 0.308 e. The van der Waals surface area contributed by atoms with Crippen LogP contribution >= 0.6 is 0 Å². The average molecular weight is 250 g/mol. The first-order valence-electron chi connectivity index (χ1n) is 5.33. The van der Waals surface area contributed by atoms with Crippen molar-refractivity contribution in [3.8, 4) is 0 Å². The van der Waals surface area contributed by atoms with E-state index in [4.69, 9.17) is 0 Å². The molecule has 1 heterocycles. The van der Waals surface area contributed by atoms with Gasteiger partial charge in [0.15, 0.2) is 0 Å². The first-order valence-corrected chi connectivity index (χ1v) is 6.77. The van der Waals surface area contributed by atoms with Crippen LogP contribution in [-0.4, -0.2) is 45.4 Å². The maximum atomic E-state index is 11.6. The monoisotopic (exact) mass is 250 g/mol. The van der Waals surface area contributed by atoms with Gasteiger partial charge in [0.2, 0.25) is 0 Å². The van der Waals surface area contributed by atoms with E-state index in [0.29, 0.717) is 32.5 Å². The highest BCUT2D eigenvalue weighted by Gasteiger charge is 2.30. The molecule has 0 aliphatic carbocycles. The van der Waals surface area contributed by atoms with Gasteiger partial charge >= 0.3 is 5.97 Å². The summed E-state index contributed by atoms with van der Waals surface area (Å²) in [6, 6.07) is 0. The molecule has 1 rings (SSSR count). The van der Waals surface area contributed by atoms with Crippen LogP contribution in [0.5, 0.6) is 0 Å². The second kappa shape index (κ2) is 5.60. The summed E-state index contributed by atoms with van der Waals surface area (Å²) in [7, 11) is -2.01. The van der Waals surface area contributed by atoms with Crippen molar-refractivity contribution in [1.82, 2.24) is 9.03 Å². The standard InChI is InChI=1S/C9H18N2O4S/c1-3-10-16(13,14)11-6-4-8(5-7-11)9(12)15-2/h8,10H,3-7H2,1-2H3. The van der Waals surface area contributed by atoms with Crippen LogP contribution in [0, 0.1) is 5.92 Å². The molecule has 0 aromatic rings. The molecular weight excluding hydrogens is 232 g/mol. The SMILES string of the molecule is CCNS(=O)(=O)N1CCC(C(=O)OC)CC1. The zero-order chi connectivity index (χ0) is 12.2. The molecule has 0 spiro atoms. The lowest BCUT2D eigenvalue weighted by molar-refractivity contribution is -0.146. The highest BCUT2D eigenvalue weighted by atomic mass is 32.2. The molecule has 94 valence electrons. The van der Waals surface area contributed by atoms with Gasteiger partial charge in [0, 0.05) is 19.6 Å². The number of methoxy groups -OCH3 is 1. The third-order valence-corrected chi connectivity index (χ3v) is 4.35. The maximum absolute atomic E-state index is 11.6. The predicted molar refractivity (Wildman–Crippen MR) is 58.9 cm³/mol. The summed E-state index contributed by atoms with van der Waals surface area (Å²) in [5.41, 5.74) is 0. The van der Waals surface area contributed by atoms with Crippen molar-refractivity contribution in [1.29, 1.82) is 0 Å². The number of nitrogens with zero attached hydrogens (tertiary/aromatic N) is 1. The number of rotatable bonds is 4. The molecule has 1 fully saturated rings. The van der Waals surface area contributed by atoms with Gasteiger partial charge in [0.1, 0.15) is 0 Å². The van der Waals surface area contributed by atoms with Gasteiger partial charge in [0.05, 0.1) is 13.0 Å². The zero-order valence-electron chi connectivity index (χ0n) is 9.60. The van der Waals surface area contributed by atoms with E-state index >= 15 is 0 Å². The third kappa shape index (κ3) is 3.16. The van der Waals surface area contributed by atoms with Gasteiger partial charge in [0.25, 0.3) is 10.2 Å². The van der Waals surface area contributed by atoms with Gasteiger partial charge in [-0.25, -0.2) is 4.72 Å². The summed E-state index contributed by atoms with van der Waals surface area (Å²) in [5.74, 6) is -0.418. The Labute approximate surface area is 96.1 Å². The number of piperidine rings is 1. The van der Waals surface area contributed by atoms with Gasteiger partial charge in [-0.05, 0) is 12.8 Å². The van der Waals surface area contributed by atoms with E-state index < -0.39 is 10.2 Å². The molecule has 0 bridgehead atoms. The highest BCUT2D eigenvalue weighted by Crippen LogP contribution is 2.19. The molecule has 16 heavy (non-hydrogen) atoms. The molecule has 6 nitrogen and oxygen atoms in total. The normalized spacial score (nSPS) is 19.6. The zero-order valence-corrected chi connectivity index (χ0v) is 10.4. The molecule has 1 aliphatic heterocycles. The number of hydrogen-bond acceptors (Lipinski definition) is 4. The Morgan fingerprint density at radius 2 is 2.00 bits per heavy atom. The Bertz CT molecular complexity index is 333. The van der Waals surface area contributed by atoms with E-state index in [0.717, 1.165) is 0 Å². The highest BCUT2D eigenvalue weighted by molar-refractivity contribution is 7.87. The number of esters is 1. The van der Waals surface area contributed by atoms with Crippen LogP contribution in [0.4, 0.5) is 0 Å². The molecule has 0 atom stereocenters. The number of carbonyl (C=O) groups excluding carboxylic acids is 1. The van der Waals surface area contributed by atoms with Crippen LogP contribution in [-0.2, 0) is 19.7 Å². The van der Waals surface area contributed by atoms with E-state index in [-0.39, 0.29) is 11.9 Å². The van der Waals surface area contributed by atoms with Crippen molar-refractivity contribution in [2.75, 3.05) is 26.7 Å². The number of ether oxygens (including phenoxy) is 1. The van der Waals surface area contributed by atoms with Crippen LogP contribution in [0.25, 0.3) is 0 Å². The van der Waals surface area contributed by atoms with Gasteiger partial charge in [-0.15, -0.1) is 0 Å². The van der Waals surface area contributed by atoms with Crippen LogP contribution in [0.1, 0.15) is 19.8 Å². The smallest absolute Gasteiger partial charge is 0.308 e. The topological polar surface area (TPSA) is 75.7 Å². The molecule has 0 amide bonds. The summed E-state index contributed by atoms with van der Waals surface area (Å²) in [5, 5.41) is 0. The van der Waals surface area contributed by atoms with Crippen LogP contribution < -0.4 is 4.72 Å². The molecule has 0 aromatic heterocycles. The van der Waals surface area contributed by atoms with Crippen LogP contribution in [0.15, 0.2) is 0 Å². The molecule has 1 aliphatic rings. The molecule has 7 heteroatoms. The minimum atomic E-state index is -3.36. The Morgan fingerprint density at radius 1 is 1.44 bits per heavy atom. The number of hydrogen-bond donors (Lipinski definition) is 1. The van der Waals surface area contributed by atoms with E-state index in [2.05, 4.69) is 9.46 Å².